The first kappa shape index (κ1) is 15.3. The number of amides is 1. The summed E-state index contributed by atoms with van der Waals surface area (Å²) in [7, 11) is 0. The highest BCUT2D eigenvalue weighted by molar-refractivity contribution is 6.30. The van der Waals surface area contributed by atoms with Gasteiger partial charge in [-0.3, -0.25) is 4.79 Å². The van der Waals surface area contributed by atoms with Crippen LogP contribution in [-0.4, -0.2) is 46.3 Å². The van der Waals surface area contributed by atoms with E-state index in [0.717, 1.165) is 5.56 Å². The molecule has 1 heterocycles. The molecule has 0 spiro atoms. The summed E-state index contributed by atoms with van der Waals surface area (Å²) in [5, 5.41) is 19.8. The second-order valence-corrected chi connectivity index (χ2v) is 6.09. The SMILES string of the molecule is CC(C)C(C(=O)N1CC(O)C(O)C1)c1ccc(Cl)cc1. The van der Waals surface area contributed by atoms with Crippen molar-refractivity contribution in [1.29, 1.82) is 0 Å². The van der Waals surface area contributed by atoms with Crippen LogP contribution in [0.15, 0.2) is 24.3 Å². The van der Waals surface area contributed by atoms with Gasteiger partial charge >= 0.3 is 0 Å². The lowest BCUT2D eigenvalue weighted by Crippen LogP contribution is -2.36. The molecule has 20 heavy (non-hydrogen) atoms. The first-order chi connectivity index (χ1) is 9.40. The average molecular weight is 298 g/mol. The van der Waals surface area contributed by atoms with Gasteiger partial charge in [-0.05, 0) is 23.6 Å². The van der Waals surface area contributed by atoms with Crippen LogP contribution in [0.1, 0.15) is 25.3 Å². The fourth-order valence-corrected chi connectivity index (χ4v) is 2.75. The van der Waals surface area contributed by atoms with Crippen molar-refractivity contribution in [3.05, 3.63) is 34.9 Å². The minimum atomic E-state index is -0.850. The van der Waals surface area contributed by atoms with E-state index in [-0.39, 0.29) is 30.8 Å². The lowest BCUT2D eigenvalue weighted by atomic mass is 9.87. The molecule has 5 heteroatoms. The van der Waals surface area contributed by atoms with E-state index in [1.165, 1.54) is 4.90 Å². The molecule has 3 atom stereocenters. The van der Waals surface area contributed by atoms with Gasteiger partial charge in [0, 0.05) is 18.1 Å². The van der Waals surface area contributed by atoms with Gasteiger partial charge in [0.15, 0.2) is 0 Å². The standard InChI is InChI=1S/C15H20ClNO3/c1-9(2)14(10-3-5-11(16)6-4-10)15(20)17-7-12(18)13(19)8-17/h3-6,9,12-14,18-19H,7-8H2,1-2H3. The summed E-state index contributed by atoms with van der Waals surface area (Å²) in [6.07, 6.45) is -1.70. The number of benzene rings is 1. The van der Waals surface area contributed by atoms with Crippen molar-refractivity contribution in [3.8, 4) is 0 Å². The van der Waals surface area contributed by atoms with Crippen LogP contribution >= 0.6 is 11.6 Å². The molecule has 0 saturated carbocycles. The third-order valence-electron chi connectivity index (χ3n) is 3.73. The predicted octanol–water partition coefficient (Wildman–Crippen LogP) is 1.64. The zero-order valence-electron chi connectivity index (χ0n) is 11.7. The largest absolute Gasteiger partial charge is 0.388 e. The number of hydrogen-bond acceptors (Lipinski definition) is 3. The van der Waals surface area contributed by atoms with Crippen molar-refractivity contribution in [2.45, 2.75) is 32.0 Å². The Hall–Kier alpha value is -1.10. The predicted molar refractivity (Wildman–Crippen MR) is 77.6 cm³/mol. The smallest absolute Gasteiger partial charge is 0.230 e. The Kier molecular flexibility index (Phi) is 4.68. The van der Waals surface area contributed by atoms with Gasteiger partial charge in [0.2, 0.25) is 5.91 Å². The number of likely N-dealkylation sites (tertiary alicyclic amines) is 1. The van der Waals surface area contributed by atoms with Crippen LogP contribution in [-0.2, 0) is 4.79 Å². The summed E-state index contributed by atoms with van der Waals surface area (Å²) >= 11 is 5.88. The normalized spacial score (nSPS) is 24.2. The highest BCUT2D eigenvalue weighted by Crippen LogP contribution is 2.29. The molecule has 110 valence electrons. The summed E-state index contributed by atoms with van der Waals surface area (Å²) in [5.74, 6) is -0.221. The Balaban J connectivity index is 2.21. The van der Waals surface area contributed by atoms with E-state index in [9.17, 15) is 15.0 Å². The van der Waals surface area contributed by atoms with Crippen molar-refractivity contribution in [2.24, 2.45) is 5.92 Å². The number of hydrogen-bond donors (Lipinski definition) is 2. The zero-order chi connectivity index (χ0) is 14.9. The van der Waals surface area contributed by atoms with Crippen molar-refractivity contribution in [1.82, 2.24) is 4.90 Å². The Morgan fingerprint density at radius 1 is 1.20 bits per heavy atom. The fraction of sp³-hybridized carbons (Fsp3) is 0.533. The summed E-state index contributed by atoms with van der Waals surface area (Å²) in [5.41, 5.74) is 0.908. The molecule has 1 amide bonds. The molecule has 4 nitrogen and oxygen atoms in total. The van der Waals surface area contributed by atoms with Gasteiger partial charge in [-0.2, -0.15) is 0 Å². The van der Waals surface area contributed by atoms with Crippen LogP contribution < -0.4 is 0 Å². The number of aliphatic hydroxyl groups is 2. The van der Waals surface area contributed by atoms with E-state index in [0.29, 0.717) is 5.02 Å². The van der Waals surface area contributed by atoms with Crippen LogP contribution in [0.5, 0.6) is 0 Å². The van der Waals surface area contributed by atoms with Gasteiger partial charge in [-0.15, -0.1) is 0 Å². The van der Waals surface area contributed by atoms with Gasteiger partial charge in [-0.25, -0.2) is 0 Å². The fourth-order valence-electron chi connectivity index (χ4n) is 2.63. The minimum Gasteiger partial charge on any atom is -0.388 e. The van der Waals surface area contributed by atoms with Crippen molar-refractivity contribution >= 4 is 17.5 Å². The van der Waals surface area contributed by atoms with Gasteiger partial charge in [-0.1, -0.05) is 37.6 Å². The maximum atomic E-state index is 12.6. The third-order valence-corrected chi connectivity index (χ3v) is 3.98. The number of carbonyl (C=O) groups excluding carboxylic acids is 1. The summed E-state index contributed by atoms with van der Waals surface area (Å²) in [6, 6.07) is 7.25. The topological polar surface area (TPSA) is 60.8 Å². The molecule has 0 bridgehead atoms. The van der Waals surface area contributed by atoms with E-state index >= 15 is 0 Å². The quantitative estimate of drug-likeness (QED) is 0.892. The monoisotopic (exact) mass is 297 g/mol. The Morgan fingerprint density at radius 3 is 2.15 bits per heavy atom. The molecule has 0 aliphatic carbocycles. The highest BCUT2D eigenvalue weighted by Gasteiger charge is 2.36. The van der Waals surface area contributed by atoms with Gasteiger partial charge in [0.25, 0.3) is 0 Å². The van der Waals surface area contributed by atoms with Crippen LogP contribution in [0.2, 0.25) is 5.02 Å². The first-order valence-electron chi connectivity index (χ1n) is 6.80. The van der Waals surface area contributed by atoms with E-state index in [2.05, 4.69) is 0 Å². The third kappa shape index (κ3) is 3.14. The molecule has 2 N–H and O–H groups in total. The Labute approximate surface area is 124 Å². The maximum absolute atomic E-state index is 12.6. The molecular formula is C15H20ClNO3. The molecule has 0 aromatic heterocycles. The molecular weight excluding hydrogens is 278 g/mol. The van der Waals surface area contributed by atoms with Crippen molar-refractivity contribution < 1.29 is 15.0 Å². The minimum absolute atomic E-state index is 0.0575. The molecule has 1 aliphatic heterocycles. The van der Waals surface area contributed by atoms with E-state index in [1.807, 2.05) is 26.0 Å². The molecule has 2 rings (SSSR count). The van der Waals surface area contributed by atoms with Gasteiger partial charge in [0.05, 0.1) is 18.1 Å². The molecule has 1 aliphatic rings. The van der Waals surface area contributed by atoms with Crippen LogP contribution in [0, 0.1) is 5.92 Å². The van der Waals surface area contributed by atoms with Crippen LogP contribution in [0.3, 0.4) is 0 Å². The maximum Gasteiger partial charge on any atom is 0.230 e. The second-order valence-electron chi connectivity index (χ2n) is 5.65. The molecule has 1 fully saturated rings. The Morgan fingerprint density at radius 2 is 1.70 bits per heavy atom. The molecule has 3 unspecified atom stereocenters. The Bertz CT molecular complexity index is 465. The molecule has 1 aromatic carbocycles. The number of halogens is 1. The van der Waals surface area contributed by atoms with Crippen molar-refractivity contribution in [3.63, 3.8) is 0 Å². The average Bonchev–Trinajstić information content (AvgIpc) is 2.72. The number of β-amino-alcohol motifs (C(OH)–C–C–N with tert-alkyl or cyclic N) is 2. The number of aliphatic hydroxyl groups excluding tert-OH is 2. The van der Waals surface area contributed by atoms with Gasteiger partial charge < -0.3 is 15.1 Å². The van der Waals surface area contributed by atoms with Gasteiger partial charge in [0.1, 0.15) is 0 Å². The summed E-state index contributed by atoms with van der Waals surface area (Å²) in [6.45, 7) is 4.35. The number of carbonyl (C=O) groups is 1. The summed E-state index contributed by atoms with van der Waals surface area (Å²) < 4.78 is 0. The van der Waals surface area contributed by atoms with Crippen LogP contribution in [0.4, 0.5) is 0 Å². The number of rotatable bonds is 3. The van der Waals surface area contributed by atoms with Crippen molar-refractivity contribution in [2.75, 3.05) is 13.1 Å². The lowest BCUT2D eigenvalue weighted by Gasteiger charge is -2.26. The molecule has 1 aromatic rings. The lowest BCUT2D eigenvalue weighted by molar-refractivity contribution is -0.133. The molecule has 0 radical (unpaired) electrons. The zero-order valence-corrected chi connectivity index (χ0v) is 12.4. The molecule has 1 saturated heterocycles. The van der Waals surface area contributed by atoms with Crippen LogP contribution in [0.25, 0.3) is 0 Å². The van der Waals surface area contributed by atoms with E-state index in [1.54, 1.807) is 12.1 Å². The number of nitrogens with zero attached hydrogens (tertiary/aromatic N) is 1. The first-order valence-corrected chi connectivity index (χ1v) is 7.18. The van der Waals surface area contributed by atoms with E-state index < -0.39 is 12.2 Å². The van der Waals surface area contributed by atoms with E-state index in [4.69, 9.17) is 11.6 Å². The highest BCUT2D eigenvalue weighted by atomic mass is 35.5. The second kappa shape index (κ2) is 6.12. The summed E-state index contributed by atoms with van der Waals surface area (Å²) in [4.78, 5) is 14.2.